The maximum absolute atomic E-state index is 14.6. The molecule has 0 saturated carbocycles. The lowest BCUT2D eigenvalue weighted by Crippen LogP contribution is -2.76. The quantitative estimate of drug-likeness (QED) is 0.0935. The SMILES string of the molecule is C=CCN1CC(=O)N2[C@@H](Cc3ccc(OP(=O)(O)O)cc3)C(=O)N(Cc3cccc4c(C(=O)CCCC)cn(C)c34)C[C@@H]2N1C(=O)NCc1ccccc1. The van der Waals surface area contributed by atoms with Gasteiger partial charge >= 0.3 is 13.9 Å². The summed E-state index contributed by atoms with van der Waals surface area (Å²) in [6.45, 7) is 6.30. The Balaban J connectivity index is 1.37. The van der Waals surface area contributed by atoms with Crippen molar-refractivity contribution in [3.05, 3.63) is 114 Å². The summed E-state index contributed by atoms with van der Waals surface area (Å²) in [5, 5.41) is 6.91. The van der Waals surface area contributed by atoms with E-state index in [0.717, 1.165) is 34.9 Å². The molecule has 2 atom stereocenters. The van der Waals surface area contributed by atoms with Crippen LogP contribution in [0.2, 0.25) is 0 Å². The van der Waals surface area contributed by atoms with E-state index in [1.165, 1.54) is 22.0 Å². The molecule has 3 aromatic carbocycles. The molecule has 0 spiro atoms. The first-order valence-corrected chi connectivity index (χ1v) is 19.4. The molecule has 4 amide bonds. The fourth-order valence-electron chi connectivity index (χ4n) is 7.33. The van der Waals surface area contributed by atoms with Gasteiger partial charge in [0.1, 0.15) is 18.0 Å². The number of amides is 4. The van der Waals surface area contributed by atoms with Crippen molar-refractivity contribution in [2.75, 3.05) is 19.6 Å². The Kier molecular flexibility index (Phi) is 11.7. The molecule has 0 aliphatic carbocycles. The Morgan fingerprint density at radius 1 is 1.02 bits per heavy atom. The number of hydrogen-bond acceptors (Lipinski definition) is 7. The number of fused-ring (bicyclic) bond motifs is 2. The van der Waals surface area contributed by atoms with Crippen LogP contribution in [0.4, 0.5) is 4.79 Å². The molecule has 3 heterocycles. The number of aromatic nitrogens is 1. The summed E-state index contributed by atoms with van der Waals surface area (Å²) in [5.74, 6) is -0.669. The van der Waals surface area contributed by atoms with Crippen LogP contribution in [0.5, 0.6) is 5.75 Å². The van der Waals surface area contributed by atoms with E-state index in [1.54, 1.807) is 28.1 Å². The molecule has 2 fully saturated rings. The Morgan fingerprint density at radius 3 is 2.44 bits per heavy atom. The van der Waals surface area contributed by atoms with E-state index in [0.29, 0.717) is 17.5 Å². The molecule has 15 heteroatoms. The number of ketones is 1. The Bertz CT molecular complexity index is 2080. The summed E-state index contributed by atoms with van der Waals surface area (Å²) < 4.78 is 18.0. The summed E-state index contributed by atoms with van der Waals surface area (Å²) in [7, 11) is -2.92. The smallest absolute Gasteiger partial charge is 0.404 e. The first-order valence-electron chi connectivity index (χ1n) is 17.9. The molecule has 2 aliphatic heterocycles. The van der Waals surface area contributed by atoms with Gasteiger partial charge in [0.15, 0.2) is 5.78 Å². The minimum absolute atomic E-state index is 0.00559. The zero-order valence-electron chi connectivity index (χ0n) is 30.3. The lowest BCUT2D eigenvalue weighted by molar-refractivity contribution is -0.189. The summed E-state index contributed by atoms with van der Waals surface area (Å²) in [4.78, 5) is 77.6. The van der Waals surface area contributed by atoms with Gasteiger partial charge in [0.25, 0.3) is 0 Å². The number of hydrogen-bond donors (Lipinski definition) is 3. The van der Waals surface area contributed by atoms with Crippen LogP contribution < -0.4 is 9.84 Å². The molecule has 4 aromatic rings. The Morgan fingerprint density at radius 2 is 1.76 bits per heavy atom. The van der Waals surface area contributed by atoms with Crippen molar-refractivity contribution in [3.8, 4) is 5.75 Å². The molecule has 3 N–H and O–H groups in total. The summed E-state index contributed by atoms with van der Waals surface area (Å²) in [6.07, 6.45) is 4.73. The number of rotatable bonds is 14. The van der Waals surface area contributed by atoms with E-state index in [-0.39, 0.29) is 62.5 Å². The van der Waals surface area contributed by atoms with Gasteiger partial charge in [0, 0.05) is 56.7 Å². The van der Waals surface area contributed by atoms with Gasteiger partial charge in [-0.15, -0.1) is 6.58 Å². The number of benzene rings is 3. The van der Waals surface area contributed by atoms with Crippen molar-refractivity contribution in [2.24, 2.45) is 7.05 Å². The summed E-state index contributed by atoms with van der Waals surface area (Å²) >= 11 is 0. The largest absolute Gasteiger partial charge is 0.524 e. The van der Waals surface area contributed by atoms with Crippen LogP contribution in [0.1, 0.15) is 53.2 Å². The zero-order valence-corrected chi connectivity index (χ0v) is 31.2. The van der Waals surface area contributed by atoms with Gasteiger partial charge in [-0.1, -0.05) is 80.1 Å². The highest BCUT2D eigenvalue weighted by Crippen LogP contribution is 2.38. The maximum atomic E-state index is 14.6. The fourth-order valence-corrected chi connectivity index (χ4v) is 7.72. The highest BCUT2D eigenvalue weighted by atomic mass is 31.2. The number of unbranched alkanes of at least 4 members (excludes halogenated alkanes) is 1. The molecule has 1 aromatic heterocycles. The van der Waals surface area contributed by atoms with Gasteiger partial charge in [-0.25, -0.2) is 19.4 Å². The van der Waals surface area contributed by atoms with E-state index in [4.69, 9.17) is 4.52 Å². The van der Waals surface area contributed by atoms with Crippen molar-refractivity contribution < 1.29 is 38.1 Å². The molecule has 2 aliphatic rings. The van der Waals surface area contributed by atoms with Crippen LogP contribution in [0, 0.1) is 0 Å². The van der Waals surface area contributed by atoms with Crippen LogP contribution in [-0.4, -0.2) is 89.6 Å². The average molecular weight is 757 g/mol. The molecule has 2 saturated heterocycles. The van der Waals surface area contributed by atoms with Crippen LogP contribution in [0.25, 0.3) is 10.9 Å². The number of carbonyl (C=O) groups is 4. The minimum Gasteiger partial charge on any atom is -0.404 e. The Labute approximate surface area is 313 Å². The number of nitrogens with one attached hydrogen (secondary N) is 1. The van der Waals surface area contributed by atoms with E-state index in [1.807, 2.05) is 73.3 Å². The number of para-hydroxylation sites is 1. The van der Waals surface area contributed by atoms with E-state index >= 15 is 0 Å². The second kappa shape index (κ2) is 16.4. The van der Waals surface area contributed by atoms with Gasteiger partial charge in [-0.3, -0.25) is 24.2 Å². The van der Waals surface area contributed by atoms with Crippen LogP contribution in [0.3, 0.4) is 0 Å². The number of phosphoric acid groups is 1. The number of hydrazine groups is 1. The molecule has 6 rings (SSSR count). The molecule has 0 bridgehead atoms. The Hall–Kier alpha value is -5.27. The predicted octanol–water partition coefficient (Wildman–Crippen LogP) is 4.76. The first kappa shape index (κ1) is 38.5. The molecule has 284 valence electrons. The number of Topliss-reactive ketones (excluding diaryl/α,β-unsaturated/α-hetero) is 1. The highest BCUT2D eigenvalue weighted by Gasteiger charge is 2.51. The van der Waals surface area contributed by atoms with Crippen LogP contribution >= 0.6 is 7.82 Å². The number of nitrogens with zero attached hydrogens (tertiary/aromatic N) is 5. The van der Waals surface area contributed by atoms with Gasteiger partial charge < -0.3 is 24.2 Å². The lowest BCUT2D eigenvalue weighted by atomic mass is 9.97. The van der Waals surface area contributed by atoms with Crippen LogP contribution in [-0.2, 0) is 40.7 Å². The monoisotopic (exact) mass is 756 g/mol. The second-order valence-corrected chi connectivity index (χ2v) is 14.7. The van der Waals surface area contributed by atoms with Crippen molar-refractivity contribution in [1.82, 2.24) is 29.7 Å². The van der Waals surface area contributed by atoms with Crippen molar-refractivity contribution in [2.45, 2.75) is 57.9 Å². The number of carbonyl (C=O) groups excluding carboxylic acids is 4. The molecule has 54 heavy (non-hydrogen) atoms. The summed E-state index contributed by atoms with van der Waals surface area (Å²) in [5.41, 5.74) is 3.73. The number of phosphoric ester groups is 1. The third kappa shape index (κ3) is 8.42. The lowest BCUT2D eigenvalue weighted by Gasteiger charge is -2.55. The van der Waals surface area contributed by atoms with Crippen molar-refractivity contribution in [3.63, 3.8) is 0 Å². The first-order chi connectivity index (χ1) is 25.9. The predicted molar refractivity (Wildman–Crippen MR) is 202 cm³/mol. The van der Waals surface area contributed by atoms with Gasteiger partial charge in [-0.2, -0.15) is 0 Å². The topological polar surface area (TPSA) is 165 Å². The molecule has 14 nitrogen and oxygen atoms in total. The van der Waals surface area contributed by atoms with Gasteiger partial charge in [0.2, 0.25) is 11.8 Å². The number of piperazine rings is 1. The standard InChI is InChI=1S/C39H45N6O8P/c1-4-6-15-34(46)32-24-41(3)37-29(13-10-14-31(32)37)23-42-25-35-44(33(38(42)48)21-27-16-18-30(19-17-27)53-54(50,51)52)36(47)26-43(20-5-2)45(35)39(49)40-22-28-11-8-7-9-12-28/h5,7-14,16-19,24,33,35H,2,4,6,15,20-23,25-26H2,1,3H3,(H,40,49)(H2,50,51,52)/t33-,35-/m0/s1. The highest BCUT2D eigenvalue weighted by molar-refractivity contribution is 7.46. The third-order valence-electron chi connectivity index (χ3n) is 9.75. The molecular formula is C39H45N6O8P. The normalized spacial score (nSPS) is 17.8. The number of urea groups is 1. The zero-order chi connectivity index (χ0) is 38.6. The van der Waals surface area contributed by atoms with E-state index < -0.39 is 26.1 Å². The van der Waals surface area contributed by atoms with Crippen molar-refractivity contribution >= 4 is 42.4 Å². The summed E-state index contributed by atoms with van der Waals surface area (Å²) in [6, 6.07) is 19.6. The average Bonchev–Trinajstić information content (AvgIpc) is 3.49. The van der Waals surface area contributed by atoms with Crippen molar-refractivity contribution in [1.29, 1.82) is 0 Å². The fraction of sp³-hybridized carbons (Fsp3) is 0.333. The van der Waals surface area contributed by atoms with Crippen LogP contribution in [0.15, 0.2) is 91.6 Å². The second-order valence-electron chi connectivity index (χ2n) is 13.6. The maximum Gasteiger partial charge on any atom is 0.524 e. The number of aryl methyl sites for hydroxylation is 1. The molecular weight excluding hydrogens is 711 g/mol. The van der Waals surface area contributed by atoms with E-state index in [2.05, 4.69) is 11.9 Å². The van der Waals surface area contributed by atoms with E-state index in [9.17, 15) is 33.5 Å². The van der Waals surface area contributed by atoms with Gasteiger partial charge in [-0.05, 0) is 35.2 Å². The molecule has 0 radical (unpaired) electrons. The minimum atomic E-state index is -4.79. The third-order valence-corrected chi connectivity index (χ3v) is 10.2. The van der Waals surface area contributed by atoms with Gasteiger partial charge in [0.05, 0.1) is 18.6 Å². The molecule has 0 unspecified atom stereocenters.